The number of hydrogen-bond donors (Lipinski definition) is 3. The summed E-state index contributed by atoms with van der Waals surface area (Å²) >= 11 is 0. The van der Waals surface area contributed by atoms with Crippen molar-refractivity contribution in [3.8, 4) is 23.2 Å². The van der Waals surface area contributed by atoms with Gasteiger partial charge in [-0.3, -0.25) is 4.79 Å². The molecule has 1 aromatic carbocycles. The Kier molecular flexibility index (Phi) is 4.04. The van der Waals surface area contributed by atoms with E-state index in [2.05, 4.69) is 0 Å². The second kappa shape index (κ2) is 5.35. The summed E-state index contributed by atoms with van der Waals surface area (Å²) in [5, 5.41) is 39.0. The summed E-state index contributed by atoms with van der Waals surface area (Å²) in [4.78, 5) is 23.0. The minimum atomic E-state index is -1.22. The largest absolute Gasteiger partial charge is 1.00 e. The molecule has 2 heterocycles. The van der Waals surface area contributed by atoms with Crippen LogP contribution >= 0.6 is 0 Å². The molecule has 0 aliphatic heterocycles. The Morgan fingerprint density at radius 2 is 1.71 bits per heavy atom. The number of hydrogen-bond acceptors (Lipinski definition) is 8. The van der Waals surface area contributed by atoms with Gasteiger partial charge in [0.2, 0.25) is 5.75 Å². The quantitative estimate of drug-likeness (QED) is 0.296. The van der Waals surface area contributed by atoms with Gasteiger partial charge in [0.25, 0.3) is 0 Å². The Hall–Kier alpha value is -1.52. The van der Waals surface area contributed by atoms with Crippen LogP contribution in [0, 0.1) is 0 Å². The van der Waals surface area contributed by atoms with E-state index in [1.807, 2.05) is 0 Å². The average molecular weight is 316 g/mol. The summed E-state index contributed by atoms with van der Waals surface area (Å²) < 4.78 is 9.60. The summed E-state index contributed by atoms with van der Waals surface area (Å²) in [5.41, 5.74) is -2.72. The molecule has 8 nitrogen and oxygen atoms in total. The van der Waals surface area contributed by atoms with Crippen LogP contribution in [0.4, 0.5) is 0 Å². The first-order valence-electron chi connectivity index (χ1n) is 5.25. The van der Waals surface area contributed by atoms with Crippen LogP contribution in [-0.2, 0) is 0 Å². The van der Waals surface area contributed by atoms with Crippen molar-refractivity contribution in [1.82, 2.24) is 0 Å². The van der Waals surface area contributed by atoms with Gasteiger partial charge >= 0.3 is 63.0 Å². The van der Waals surface area contributed by atoms with Gasteiger partial charge in [0.1, 0.15) is 5.75 Å². The Morgan fingerprint density at radius 1 is 1.05 bits per heavy atom. The van der Waals surface area contributed by atoms with Crippen LogP contribution in [0.5, 0.6) is 23.2 Å². The Morgan fingerprint density at radius 3 is 2.38 bits per heavy atom. The first kappa shape index (κ1) is 15.9. The monoisotopic (exact) mass is 316 g/mol. The van der Waals surface area contributed by atoms with E-state index in [0.29, 0.717) is 6.07 Å². The molecule has 0 spiro atoms. The topological polar surface area (TPSA) is 144 Å². The Bertz CT molecular complexity index is 985. The molecule has 0 bridgehead atoms. The third-order valence-corrected chi connectivity index (χ3v) is 2.78. The summed E-state index contributed by atoms with van der Waals surface area (Å²) in [6, 6.07) is 1.59. The molecule has 3 aromatic rings. The summed E-state index contributed by atoms with van der Waals surface area (Å²) in [7, 11) is 0. The summed E-state index contributed by atoms with van der Waals surface area (Å²) in [6.45, 7) is 0. The maximum absolute atomic E-state index is 11.7. The van der Waals surface area contributed by atoms with Gasteiger partial charge in [-0.2, -0.15) is 0 Å². The van der Waals surface area contributed by atoms with Gasteiger partial charge in [-0.15, -0.1) is 0 Å². The number of benzene rings is 1. The maximum atomic E-state index is 11.7. The van der Waals surface area contributed by atoms with E-state index in [1.165, 1.54) is 0 Å². The van der Waals surface area contributed by atoms with Gasteiger partial charge in [0.05, 0.1) is 10.8 Å². The molecule has 0 aliphatic carbocycles. The van der Waals surface area contributed by atoms with E-state index in [1.54, 1.807) is 0 Å². The van der Waals surface area contributed by atoms with Gasteiger partial charge in [-0.25, -0.2) is 4.79 Å². The number of phenols is 1. The third kappa shape index (κ3) is 2.32. The van der Waals surface area contributed by atoms with Crippen molar-refractivity contribution in [2.24, 2.45) is 0 Å². The van der Waals surface area contributed by atoms with Gasteiger partial charge in [0.15, 0.2) is 16.6 Å². The summed E-state index contributed by atoms with van der Waals surface area (Å²) in [5.74, 6) is -3.79. The summed E-state index contributed by atoms with van der Waals surface area (Å²) in [6.07, 6.45) is 0. The molecule has 21 heavy (non-hydrogen) atoms. The number of aromatic hydroxyl groups is 3. The van der Waals surface area contributed by atoms with Gasteiger partial charge < -0.3 is 29.3 Å². The van der Waals surface area contributed by atoms with Crippen molar-refractivity contribution >= 4 is 21.9 Å². The minimum absolute atomic E-state index is 0. The van der Waals surface area contributed by atoms with Crippen LogP contribution < -0.4 is 67.5 Å². The van der Waals surface area contributed by atoms with E-state index in [9.17, 15) is 30.0 Å². The molecule has 0 radical (unpaired) electrons. The molecule has 3 rings (SSSR count). The first-order chi connectivity index (χ1) is 9.40. The van der Waals surface area contributed by atoms with Crippen LogP contribution in [0.15, 0.2) is 30.6 Å². The van der Waals surface area contributed by atoms with Crippen LogP contribution in [0.2, 0.25) is 0 Å². The van der Waals surface area contributed by atoms with E-state index in [-0.39, 0.29) is 73.3 Å². The molecule has 0 saturated heterocycles. The van der Waals surface area contributed by atoms with Crippen molar-refractivity contribution in [2.45, 2.75) is 0 Å². The van der Waals surface area contributed by atoms with Crippen molar-refractivity contribution in [1.29, 1.82) is 0 Å². The smallest absolute Gasteiger partial charge is 0.867 e. The van der Waals surface area contributed by atoms with Gasteiger partial charge in [-0.05, 0) is 5.75 Å². The fraction of sp³-hybridized carbons (Fsp3) is 0. The standard InChI is InChI=1S/C12H6O8.K/c13-4-1-3-7(9(16)8(4)15)10-6(19-11(3)17)2-5(14)12(18)20-10;/h1-2,14-16,18H;/q;+1/p-1. The zero-order valence-corrected chi connectivity index (χ0v) is 13.7. The Balaban J connectivity index is 0.00000161. The molecule has 2 aromatic heterocycles. The molecule has 102 valence electrons. The van der Waals surface area contributed by atoms with Gasteiger partial charge in [0, 0.05) is 12.1 Å². The van der Waals surface area contributed by atoms with Crippen LogP contribution in [-0.4, -0.2) is 15.3 Å². The van der Waals surface area contributed by atoms with Crippen LogP contribution in [0.3, 0.4) is 0 Å². The normalized spacial score (nSPS) is 10.7. The van der Waals surface area contributed by atoms with E-state index in [4.69, 9.17) is 8.83 Å². The van der Waals surface area contributed by atoms with E-state index >= 15 is 0 Å². The molecule has 0 aliphatic rings. The third-order valence-electron chi connectivity index (χ3n) is 2.78. The second-order valence-corrected chi connectivity index (χ2v) is 3.99. The SMILES string of the molecule is O=c1cc2c(=O)oc3cc(O)c(O)oc3c2c(O)c1[O-].[K+]. The zero-order valence-electron chi connectivity index (χ0n) is 10.5. The van der Waals surface area contributed by atoms with Gasteiger partial charge in [-0.1, -0.05) is 0 Å². The molecule has 0 amide bonds. The fourth-order valence-corrected chi connectivity index (χ4v) is 1.87. The number of fused-ring (bicyclic) bond motifs is 3. The number of rotatable bonds is 0. The van der Waals surface area contributed by atoms with E-state index in [0.717, 1.165) is 6.07 Å². The van der Waals surface area contributed by atoms with Crippen molar-refractivity contribution in [2.75, 3.05) is 0 Å². The predicted octanol–water partition coefficient (Wildman–Crippen LogP) is -2.91. The Labute approximate surface area is 157 Å². The molecular formula is C12H5KO8. The second-order valence-electron chi connectivity index (χ2n) is 3.99. The van der Waals surface area contributed by atoms with Crippen molar-refractivity contribution < 1.29 is 80.6 Å². The number of phenolic OH excluding ortho intramolecular Hbond substituents is 1. The van der Waals surface area contributed by atoms with Crippen molar-refractivity contribution in [3.63, 3.8) is 0 Å². The first-order valence-corrected chi connectivity index (χ1v) is 5.25. The average Bonchev–Trinajstić information content (AvgIpc) is 2.39. The molecule has 0 unspecified atom stereocenters. The van der Waals surface area contributed by atoms with Crippen LogP contribution in [0.1, 0.15) is 0 Å². The molecule has 9 heteroatoms. The fourth-order valence-electron chi connectivity index (χ4n) is 1.87. The van der Waals surface area contributed by atoms with Crippen molar-refractivity contribution in [3.05, 3.63) is 32.8 Å². The molecule has 3 N–H and O–H groups in total. The molecular weight excluding hydrogens is 311 g/mol. The molecule has 0 fully saturated rings. The van der Waals surface area contributed by atoms with E-state index < -0.39 is 34.2 Å². The minimum Gasteiger partial charge on any atom is -0.867 e. The molecule has 0 atom stereocenters. The maximum Gasteiger partial charge on any atom is 1.00 e. The predicted molar refractivity (Wildman–Crippen MR) is 63.0 cm³/mol. The van der Waals surface area contributed by atoms with Crippen LogP contribution in [0.25, 0.3) is 21.9 Å². The molecule has 0 saturated carbocycles. The zero-order chi connectivity index (χ0) is 14.6.